The highest BCUT2D eigenvalue weighted by atomic mass is 16.3. The van der Waals surface area contributed by atoms with Gasteiger partial charge in [-0.05, 0) is 23.1 Å². The third-order valence-electron chi connectivity index (χ3n) is 5.41. The molecule has 2 aromatic carbocycles. The van der Waals surface area contributed by atoms with E-state index in [4.69, 9.17) is 14.4 Å². The lowest BCUT2D eigenvalue weighted by Gasteiger charge is -2.11. The molecule has 4 rings (SSSR count). The van der Waals surface area contributed by atoms with Gasteiger partial charge in [0.15, 0.2) is 5.82 Å². The maximum absolute atomic E-state index is 6.06. The van der Waals surface area contributed by atoms with E-state index in [1.54, 1.807) is 0 Å². The number of para-hydroxylation sites is 2. The van der Waals surface area contributed by atoms with E-state index in [9.17, 15) is 0 Å². The molecule has 0 atom stereocenters. The quantitative estimate of drug-likeness (QED) is 0.332. The van der Waals surface area contributed by atoms with E-state index >= 15 is 0 Å². The minimum absolute atomic E-state index is 0.374. The summed E-state index contributed by atoms with van der Waals surface area (Å²) in [5.74, 6) is 2.13. The Bertz CT molecular complexity index is 1240. The van der Waals surface area contributed by atoms with Crippen molar-refractivity contribution >= 4 is 28.9 Å². The van der Waals surface area contributed by atoms with Gasteiger partial charge in [-0.2, -0.15) is 0 Å². The summed E-state index contributed by atoms with van der Waals surface area (Å²) in [6, 6.07) is 14.3. The maximum Gasteiger partial charge on any atom is 0.151 e. The van der Waals surface area contributed by atoms with Crippen molar-refractivity contribution in [1.29, 1.82) is 0 Å². The standard InChI is InChI=1S/C26H27N3O/c1-6-18-11-10-13-19(17(3)4)26(18)27-15-24-28-21(16-29(24)5)25-20-12-8-9-14-23(20)30-22(25)7-2/h6,8-17H,1,7H2,2-5H3/b27-15+. The van der Waals surface area contributed by atoms with Crippen molar-refractivity contribution in [3.63, 3.8) is 0 Å². The van der Waals surface area contributed by atoms with Crippen molar-refractivity contribution in [2.24, 2.45) is 12.0 Å². The van der Waals surface area contributed by atoms with Crippen LogP contribution in [0.1, 0.15) is 49.4 Å². The van der Waals surface area contributed by atoms with Crippen LogP contribution in [0.25, 0.3) is 28.3 Å². The predicted molar refractivity (Wildman–Crippen MR) is 126 cm³/mol. The average Bonchev–Trinajstić information content (AvgIpc) is 3.31. The Morgan fingerprint density at radius 1 is 1.17 bits per heavy atom. The highest BCUT2D eigenvalue weighted by molar-refractivity contribution is 5.95. The monoisotopic (exact) mass is 397 g/mol. The fourth-order valence-electron chi connectivity index (χ4n) is 3.83. The Kier molecular flexibility index (Phi) is 5.40. The zero-order valence-electron chi connectivity index (χ0n) is 18.0. The number of imidazole rings is 1. The second-order valence-electron chi connectivity index (χ2n) is 7.75. The fourth-order valence-corrected chi connectivity index (χ4v) is 3.83. The molecule has 2 aromatic heterocycles. The summed E-state index contributed by atoms with van der Waals surface area (Å²) in [4.78, 5) is 9.71. The Hall–Kier alpha value is -3.40. The molecule has 4 nitrogen and oxygen atoms in total. The van der Waals surface area contributed by atoms with Gasteiger partial charge in [-0.25, -0.2) is 4.98 Å². The van der Waals surface area contributed by atoms with E-state index < -0.39 is 0 Å². The van der Waals surface area contributed by atoms with Crippen molar-refractivity contribution in [2.45, 2.75) is 33.1 Å². The molecule has 0 radical (unpaired) electrons. The van der Waals surface area contributed by atoms with Crippen LogP contribution in [0.2, 0.25) is 0 Å². The molecule has 0 aliphatic rings. The number of hydrogen-bond acceptors (Lipinski definition) is 3. The smallest absolute Gasteiger partial charge is 0.151 e. The van der Waals surface area contributed by atoms with E-state index in [1.807, 2.05) is 54.4 Å². The summed E-state index contributed by atoms with van der Waals surface area (Å²) in [7, 11) is 1.99. The summed E-state index contributed by atoms with van der Waals surface area (Å²) in [6.45, 7) is 10.4. The fraction of sp³-hybridized carbons (Fsp3) is 0.231. The third kappa shape index (κ3) is 3.50. The maximum atomic E-state index is 6.06. The van der Waals surface area contributed by atoms with E-state index in [-0.39, 0.29) is 0 Å². The van der Waals surface area contributed by atoms with Gasteiger partial charge in [0.05, 0.1) is 23.2 Å². The highest BCUT2D eigenvalue weighted by Crippen LogP contribution is 2.35. The largest absolute Gasteiger partial charge is 0.460 e. The molecule has 2 heterocycles. The van der Waals surface area contributed by atoms with Gasteiger partial charge in [-0.15, -0.1) is 0 Å². The van der Waals surface area contributed by atoms with Gasteiger partial charge in [0.1, 0.15) is 11.3 Å². The normalized spacial score (nSPS) is 11.8. The van der Waals surface area contributed by atoms with Crippen molar-refractivity contribution in [3.8, 4) is 11.3 Å². The van der Waals surface area contributed by atoms with Crippen molar-refractivity contribution in [2.75, 3.05) is 0 Å². The first-order chi connectivity index (χ1) is 14.5. The Balaban J connectivity index is 1.78. The SMILES string of the molecule is C=Cc1cccc(C(C)C)c1/N=C/c1nc(-c2c(CC)oc3ccccc23)cn1C. The first-order valence-corrected chi connectivity index (χ1v) is 10.4. The van der Waals surface area contributed by atoms with E-state index in [0.717, 1.165) is 51.5 Å². The first-order valence-electron chi connectivity index (χ1n) is 10.4. The van der Waals surface area contributed by atoms with Crippen molar-refractivity contribution < 1.29 is 4.42 Å². The number of furan rings is 1. The molecule has 0 saturated carbocycles. The highest BCUT2D eigenvalue weighted by Gasteiger charge is 2.18. The molecule has 0 aliphatic carbocycles. The number of rotatable bonds is 6. The Morgan fingerprint density at radius 3 is 2.70 bits per heavy atom. The molecule has 0 amide bonds. The predicted octanol–water partition coefficient (Wildman–Crippen LogP) is 6.91. The lowest BCUT2D eigenvalue weighted by Crippen LogP contribution is -1.96. The summed E-state index contributed by atoms with van der Waals surface area (Å²) in [5.41, 5.74) is 6.05. The molecule has 0 aliphatic heterocycles. The second-order valence-corrected chi connectivity index (χ2v) is 7.75. The van der Waals surface area contributed by atoms with Crippen LogP contribution >= 0.6 is 0 Å². The molecule has 4 heteroatoms. The zero-order valence-corrected chi connectivity index (χ0v) is 18.0. The van der Waals surface area contributed by atoms with Crippen LogP contribution < -0.4 is 0 Å². The van der Waals surface area contributed by atoms with Crippen LogP contribution in [0.5, 0.6) is 0 Å². The van der Waals surface area contributed by atoms with Gasteiger partial charge in [0.25, 0.3) is 0 Å². The van der Waals surface area contributed by atoms with E-state index in [1.165, 1.54) is 5.56 Å². The summed E-state index contributed by atoms with van der Waals surface area (Å²) in [5, 5.41) is 1.09. The van der Waals surface area contributed by atoms with Crippen LogP contribution in [-0.2, 0) is 13.5 Å². The van der Waals surface area contributed by atoms with Crippen molar-refractivity contribution in [1.82, 2.24) is 9.55 Å². The average molecular weight is 398 g/mol. The number of benzene rings is 2. The van der Waals surface area contributed by atoms with E-state index in [2.05, 4.69) is 45.5 Å². The summed E-state index contributed by atoms with van der Waals surface area (Å²) < 4.78 is 8.07. The molecule has 0 spiro atoms. The zero-order chi connectivity index (χ0) is 21.3. The summed E-state index contributed by atoms with van der Waals surface area (Å²) in [6.07, 6.45) is 6.55. The number of aliphatic imine (C=N–C) groups is 1. The molecular weight excluding hydrogens is 370 g/mol. The Morgan fingerprint density at radius 2 is 1.97 bits per heavy atom. The summed E-state index contributed by atoms with van der Waals surface area (Å²) >= 11 is 0. The van der Waals surface area contributed by atoms with Gasteiger partial charge in [-0.3, -0.25) is 4.99 Å². The lowest BCUT2D eigenvalue weighted by molar-refractivity contribution is 0.558. The third-order valence-corrected chi connectivity index (χ3v) is 5.41. The van der Waals surface area contributed by atoms with Gasteiger partial charge < -0.3 is 8.98 Å². The van der Waals surface area contributed by atoms with Crippen LogP contribution in [0.3, 0.4) is 0 Å². The molecule has 0 saturated heterocycles. The number of aromatic nitrogens is 2. The minimum atomic E-state index is 0.374. The topological polar surface area (TPSA) is 43.3 Å². The van der Waals surface area contributed by atoms with Gasteiger partial charge in [0, 0.05) is 25.1 Å². The lowest BCUT2D eigenvalue weighted by atomic mass is 9.98. The van der Waals surface area contributed by atoms with Gasteiger partial charge in [-0.1, -0.05) is 69.8 Å². The second kappa shape index (κ2) is 8.15. The van der Waals surface area contributed by atoms with Crippen LogP contribution in [-0.4, -0.2) is 15.8 Å². The molecule has 0 unspecified atom stereocenters. The number of nitrogens with zero attached hydrogens (tertiary/aromatic N) is 3. The van der Waals surface area contributed by atoms with Gasteiger partial charge in [0.2, 0.25) is 0 Å². The molecule has 4 aromatic rings. The van der Waals surface area contributed by atoms with E-state index in [0.29, 0.717) is 5.92 Å². The van der Waals surface area contributed by atoms with Crippen LogP contribution in [0.4, 0.5) is 5.69 Å². The first kappa shape index (κ1) is 19.9. The number of fused-ring (bicyclic) bond motifs is 1. The van der Waals surface area contributed by atoms with Crippen LogP contribution in [0.15, 0.2) is 64.6 Å². The molecule has 0 bridgehead atoms. The minimum Gasteiger partial charge on any atom is -0.460 e. The molecule has 0 N–H and O–H groups in total. The molecule has 30 heavy (non-hydrogen) atoms. The number of aryl methyl sites for hydroxylation is 2. The molecular formula is C26H27N3O. The van der Waals surface area contributed by atoms with Gasteiger partial charge >= 0.3 is 0 Å². The molecule has 152 valence electrons. The van der Waals surface area contributed by atoms with Crippen LogP contribution in [0, 0.1) is 0 Å². The Labute approximate surface area is 177 Å². The van der Waals surface area contributed by atoms with Crippen molar-refractivity contribution in [3.05, 3.63) is 78.0 Å². The number of hydrogen-bond donors (Lipinski definition) is 0. The molecule has 0 fully saturated rings.